The molecule has 0 heterocycles. The van der Waals surface area contributed by atoms with E-state index < -0.39 is 17.7 Å². The topological polar surface area (TPSA) is 20.2 Å². The van der Waals surface area contributed by atoms with Gasteiger partial charge in [0.1, 0.15) is 17.7 Å². The standard InChI is InChI=1S/C15H13BrF2O/c1-8-3-4-10(12(16)5-8)15(19)11-7-13(17)9(2)6-14(11)18/h3-7,15,19H,1-2H3. The number of aryl methyl sites for hydroxylation is 2. The Kier molecular flexibility index (Phi) is 4.02. The molecule has 1 atom stereocenters. The lowest BCUT2D eigenvalue weighted by molar-refractivity contribution is 0.213. The molecule has 0 spiro atoms. The maximum Gasteiger partial charge on any atom is 0.129 e. The van der Waals surface area contributed by atoms with E-state index >= 15 is 0 Å². The quantitative estimate of drug-likeness (QED) is 0.865. The number of aliphatic hydroxyl groups is 1. The van der Waals surface area contributed by atoms with Crippen molar-refractivity contribution in [3.63, 3.8) is 0 Å². The van der Waals surface area contributed by atoms with Gasteiger partial charge in [-0.15, -0.1) is 0 Å². The van der Waals surface area contributed by atoms with E-state index in [1.807, 2.05) is 19.1 Å². The van der Waals surface area contributed by atoms with Crippen molar-refractivity contribution in [3.8, 4) is 0 Å². The predicted molar refractivity (Wildman–Crippen MR) is 74.0 cm³/mol. The number of hydrogen-bond acceptors (Lipinski definition) is 1. The lowest BCUT2D eigenvalue weighted by Crippen LogP contribution is -2.05. The molecule has 19 heavy (non-hydrogen) atoms. The number of halogens is 3. The number of rotatable bonds is 2. The zero-order valence-electron chi connectivity index (χ0n) is 10.5. The van der Waals surface area contributed by atoms with Crippen LogP contribution in [0, 0.1) is 25.5 Å². The summed E-state index contributed by atoms with van der Waals surface area (Å²) in [6.07, 6.45) is -1.20. The van der Waals surface area contributed by atoms with Gasteiger partial charge in [-0.2, -0.15) is 0 Å². The SMILES string of the molecule is Cc1ccc(C(O)c2cc(F)c(C)cc2F)c(Br)c1. The van der Waals surface area contributed by atoms with Crippen molar-refractivity contribution in [1.29, 1.82) is 0 Å². The molecule has 0 amide bonds. The van der Waals surface area contributed by atoms with Crippen LogP contribution in [-0.4, -0.2) is 5.11 Å². The van der Waals surface area contributed by atoms with Gasteiger partial charge >= 0.3 is 0 Å². The van der Waals surface area contributed by atoms with Crippen molar-refractivity contribution in [2.24, 2.45) is 0 Å². The van der Waals surface area contributed by atoms with Gasteiger partial charge < -0.3 is 5.11 Å². The molecule has 100 valence electrons. The molecule has 0 radical (unpaired) electrons. The van der Waals surface area contributed by atoms with Crippen LogP contribution < -0.4 is 0 Å². The second-order valence-corrected chi connectivity index (χ2v) is 5.40. The first-order valence-corrected chi connectivity index (χ1v) is 6.59. The van der Waals surface area contributed by atoms with E-state index in [4.69, 9.17) is 0 Å². The fourth-order valence-electron chi connectivity index (χ4n) is 1.89. The summed E-state index contributed by atoms with van der Waals surface area (Å²) in [4.78, 5) is 0. The second-order valence-electron chi connectivity index (χ2n) is 4.55. The van der Waals surface area contributed by atoms with Gasteiger partial charge in [0.05, 0.1) is 0 Å². The van der Waals surface area contributed by atoms with Crippen LogP contribution in [0.15, 0.2) is 34.8 Å². The summed E-state index contributed by atoms with van der Waals surface area (Å²) in [5.41, 5.74) is 1.68. The number of aliphatic hydroxyl groups excluding tert-OH is 1. The predicted octanol–water partition coefficient (Wildman–Crippen LogP) is 4.43. The van der Waals surface area contributed by atoms with E-state index in [1.54, 1.807) is 6.07 Å². The Balaban J connectivity index is 2.49. The Morgan fingerprint density at radius 3 is 2.32 bits per heavy atom. The second kappa shape index (κ2) is 5.39. The van der Waals surface area contributed by atoms with E-state index in [2.05, 4.69) is 15.9 Å². The Labute approximate surface area is 119 Å². The zero-order chi connectivity index (χ0) is 14.2. The summed E-state index contributed by atoms with van der Waals surface area (Å²) in [6, 6.07) is 7.46. The van der Waals surface area contributed by atoms with Crippen LogP contribution in [0.2, 0.25) is 0 Å². The molecule has 0 bridgehead atoms. The molecule has 2 rings (SSSR count). The highest BCUT2D eigenvalue weighted by atomic mass is 79.9. The van der Waals surface area contributed by atoms with E-state index in [1.165, 1.54) is 6.92 Å². The average molecular weight is 327 g/mol. The zero-order valence-corrected chi connectivity index (χ0v) is 12.1. The summed E-state index contributed by atoms with van der Waals surface area (Å²) >= 11 is 3.33. The Bertz CT molecular complexity index is 626. The van der Waals surface area contributed by atoms with E-state index in [9.17, 15) is 13.9 Å². The first kappa shape index (κ1) is 14.2. The first-order valence-electron chi connectivity index (χ1n) is 5.80. The largest absolute Gasteiger partial charge is 0.384 e. The molecular formula is C15H13BrF2O. The third-order valence-electron chi connectivity index (χ3n) is 3.02. The van der Waals surface area contributed by atoms with Crippen molar-refractivity contribution in [3.05, 3.63) is 68.7 Å². The van der Waals surface area contributed by atoms with Crippen molar-refractivity contribution in [2.75, 3.05) is 0 Å². The van der Waals surface area contributed by atoms with E-state index in [0.717, 1.165) is 17.7 Å². The molecule has 0 fully saturated rings. The highest BCUT2D eigenvalue weighted by Gasteiger charge is 2.19. The minimum atomic E-state index is -1.20. The Morgan fingerprint density at radius 2 is 1.68 bits per heavy atom. The molecular weight excluding hydrogens is 314 g/mol. The molecule has 0 saturated heterocycles. The maximum atomic E-state index is 13.8. The molecule has 0 aromatic heterocycles. The van der Waals surface area contributed by atoms with Crippen LogP contribution in [0.3, 0.4) is 0 Å². The van der Waals surface area contributed by atoms with Crippen LogP contribution in [0.1, 0.15) is 28.4 Å². The van der Waals surface area contributed by atoms with Gasteiger partial charge in [-0.25, -0.2) is 8.78 Å². The third-order valence-corrected chi connectivity index (χ3v) is 3.71. The normalized spacial score (nSPS) is 12.5. The van der Waals surface area contributed by atoms with Crippen LogP contribution in [0.4, 0.5) is 8.78 Å². The molecule has 1 nitrogen and oxygen atoms in total. The summed E-state index contributed by atoms with van der Waals surface area (Å²) in [5, 5.41) is 10.2. The highest BCUT2D eigenvalue weighted by Crippen LogP contribution is 2.31. The van der Waals surface area contributed by atoms with E-state index in [-0.39, 0.29) is 11.1 Å². The molecule has 0 aliphatic carbocycles. The summed E-state index contributed by atoms with van der Waals surface area (Å²) in [7, 11) is 0. The minimum absolute atomic E-state index is 0.0624. The molecule has 1 N–H and O–H groups in total. The van der Waals surface area contributed by atoms with Gasteiger partial charge in [0, 0.05) is 10.0 Å². The lowest BCUT2D eigenvalue weighted by atomic mass is 9.99. The summed E-state index contributed by atoms with van der Waals surface area (Å²) in [6.45, 7) is 3.39. The Morgan fingerprint density at radius 1 is 1.00 bits per heavy atom. The minimum Gasteiger partial charge on any atom is -0.384 e. The van der Waals surface area contributed by atoms with Crippen molar-refractivity contribution in [2.45, 2.75) is 20.0 Å². The van der Waals surface area contributed by atoms with Crippen molar-refractivity contribution < 1.29 is 13.9 Å². The van der Waals surface area contributed by atoms with Crippen LogP contribution in [-0.2, 0) is 0 Å². The molecule has 2 aromatic rings. The van der Waals surface area contributed by atoms with Gasteiger partial charge in [-0.1, -0.05) is 28.1 Å². The van der Waals surface area contributed by atoms with Crippen LogP contribution in [0.5, 0.6) is 0 Å². The fourth-order valence-corrected chi connectivity index (χ4v) is 2.60. The smallest absolute Gasteiger partial charge is 0.129 e. The fraction of sp³-hybridized carbons (Fsp3) is 0.200. The van der Waals surface area contributed by atoms with Crippen LogP contribution >= 0.6 is 15.9 Å². The monoisotopic (exact) mass is 326 g/mol. The molecule has 0 saturated carbocycles. The van der Waals surface area contributed by atoms with Gasteiger partial charge in [-0.05, 0) is 48.7 Å². The molecule has 1 unspecified atom stereocenters. The van der Waals surface area contributed by atoms with Crippen molar-refractivity contribution in [1.82, 2.24) is 0 Å². The molecule has 4 heteroatoms. The van der Waals surface area contributed by atoms with Gasteiger partial charge in [0.15, 0.2) is 0 Å². The number of benzene rings is 2. The highest BCUT2D eigenvalue weighted by molar-refractivity contribution is 9.10. The average Bonchev–Trinajstić information content (AvgIpc) is 2.33. The third kappa shape index (κ3) is 2.85. The first-order chi connectivity index (χ1) is 8.90. The van der Waals surface area contributed by atoms with Crippen LogP contribution in [0.25, 0.3) is 0 Å². The summed E-state index contributed by atoms with van der Waals surface area (Å²) in [5.74, 6) is -1.14. The van der Waals surface area contributed by atoms with Gasteiger partial charge in [0.2, 0.25) is 0 Å². The molecule has 0 aliphatic heterocycles. The van der Waals surface area contributed by atoms with Gasteiger partial charge in [-0.3, -0.25) is 0 Å². The van der Waals surface area contributed by atoms with Crippen molar-refractivity contribution >= 4 is 15.9 Å². The maximum absolute atomic E-state index is 13.8. The molecule has 0 aliphatic rings. The number of hydrogen-bond donors (Lipinski definition) is 1. The summed E-state index contributed by atoms with van der Waals surface area (Å²) < 4.78 is 28.0. The molecule has 2 aromatic carbocycles. The van der Waals surface area contributed by atoms with E-state index in [0.29, 0.717) is 10.0 Å². The lowest BCUT2D eigenvalue weighted by Gasteiger charge is -2.15. The Hall–Kier alpha value is -1.26. The van der Waals surface area contributed by atoms with Gasteiger partial charge in [0.25, 0.3) is 0 Å².